The van der Waals surface area contributed by atoms with Crippen molar-refractivity contribution in [2.75, 3.05) is 23.3 Å². The van der Waals surface area contributed by atoms with Crippen LogP contribution in [-0.4, -0.2) is 29.8 Å². The lowest BCUT2D eigenvalue weighted by Crippen LogP contribution is -2.30. The number of hydrogen-bond acceptors (Lipinski definition) is 3. The van der Waals surface area contributed by atoms with E-state index in [2.05, 4.69) is 20.9 Å². The van der Waals surface area contributed by atoms with Gasteiger partial charge in [0, 0.05) is 23.5 Å². The van der Waals surface area contributed by atoms with Crippen LogP contribution in [0.5, 0.6) is 0 Å². The molecule has 0 aliphatic carbocycles. The van der Waals surface area contributed by atoms with Crippen LogP contribution in [-0.2, 0) is 0 Å². The van der Waals surface area contributed by atoms with Gasteiger partial charge in [0.05, 0.1) is 6.54 Å². The highest BCUT2D eigenvalue weighted by Crippen LogP contribution is 2.18. The van der Waals surface area contributed by atoms with Gasteiger partial charge in [-0.1, -0.05) is 15.9 Å². The van der Waals surface area contributed by atoms with Crippen molar-refractivity contribution in [3.8, 4) is 0 Å². The first-order chi connectivity index (χ1) is 6.24. The van der Waals surface area contributed by atoms with Crippen molar-refractivity contribution in [3.63, 3.8) is 0 Å². The molecule has 0 spiro atoms. The summed E-state index contributed by atoms with van der Waals surface area (Å²) in [4.78, 5) is 5.55. The molecule has 0 radical (unpaired) electrons. The molecular formula is C7H9BrF2N2S. The van der Waals surface area contributed by atoms with E-state index in [0.717, 1.165) is 0 Å². The Kier molecular flexibility index (Phi) is 4.58. The molecule has 6 heteroatoms. The minimum absolute atomic E-state index is 0.251. The van der Waals surface area contributed by atoms with Crippen molar-refractivity contribution >= 4 is 32.4 Å². The zero-order chi connectivity index (χ0) is 9.68. The summed E-state index contributed by atoms with van der Waals surface area (Å²) in [5.41, 5.74) is 0. The van der Waals surface area contributed by atoms with Gasteiger partial charge in [-0.25, -0.2) is 13.8 Å². The predicted molar refractivity (Wildman–Crippen MR) is 54.1 cm³/mol. The van der Waals surface area contributed by atoms with Crippen LogP contribution in [0.15, 0.2) is 11.6 Å². The van der Waals surface area contributed by atoms with E-state index >= 15 is 0 Å². The van der Waals surface area contributed by atoms with Crippen molar-refractivity contribution in [3.05, 3.63) is 11.6 Å². The molecule has 1 rings (SSSR count). The van der Waals surface area contributed by atoms with Crippen molar-refractivity contribution in [1.29, 1.82) is 0 Å². The Bertz CT molecular complexity index is 230. The quantitative estimate of drug-likeness (QED) is 0.765. The highest BCUT2D eigenvalue weighted by molar-refractivity contribution is 9.09. The standard InChI is InChI=1S/C7H9BrF2N2S/c8-1-3-12(5-6(9)10)7-11-2-4-13-7/h2,4,6H,1,3,5H2. The SMILES string of the molecule is FC(F)CN(CCBr)c1nccs1. The van der Waals surface area contributed by atoms with E-state index in [1.165, 1.54) is 11.3 Å². The van der Waals surface area contributed by atoms with E-state index in [4.69, 9.17) is 0 Å². The molecule has 1 heterocycles. The number of aromatic nitrogens is 1. The number of anilines is 1. The Hall–Kier alpha value is -0.230. The molecular weight excluding hydrogens is 262 g/mol. The summed E-state index contributed by atoms with van der Waals surface area (Å²) in [6.45, 7) is 0.303. The van der Waals surface area contributed by atoms with E-state index in [1.54, 1.807) is 16.5 Å². The summed E-state index contributed by atoms with van der Waals surface area (Å²) >= 11 is 4.59. The minimum atomic E-state index is -2.32. The van der Waals surface area contributed by atoms with E-state index < -0.39 is 6.43 Å². The molecule has 0 aliphatic heterocycles. The second kappa shape index (κ2) is 5.49. The maximum Gasteiger partial charge on any atom is 0.255 e. The maximum absolute atomic E-state index is 12.1. The first-order valence-electron chi connectivity index (χ1n) is 3.72. The Morgan fingerprint density at radius 1 is 1.62 bits per heavy atom. The Labute approximate surface area is 87.7 Å². The van der Waals surface area contributed by atoms with Crippen molar-refractivity contribution in [2.45, 2.75) is 6.43 Å². The smallest absolute Gasteiger partial charge is 0.255 e. The molecule has 0 saturated carbocycles. The first-order valence-corrected chi connectivity index (χ1v) is 5.72. The molecule has 13 heavy (non-hydrogen) atoms. The van der Waals surface area contributed by atoms with E-state index in [-0.39, 0.29) is 6.54 Å². The molecule has 0 aromatic carbocycles. The zero-order valence-corrected chi connectivity index (χ0v) is 9.19. The topological polar surface area (TPSA) is 16.1 Å². The molecule has 0 saturated heterocycles. The molecule has 2 nitrogen and oxygen atoms in total. The average Bonchev–Trinajstić information content (AvgIpc) is 2.54. The number of thiazole rings is 1. The number of nitrogens with zero attached hydrogens (tertiary/aromatic N) is 2. The lowest BCUT2D eigenvalue weighted by Gasteiger charge is -2.19. The number of rotatable bonds is 5. The summed E-state index contributed by atoms with van der Waals surface area (Å²) in [6, 6.07) is 0. The first kappa shape index (κ1) is 10.8. The molecule has 0 amide bonds. The number of alkyl halides is 3. The highest BCUT2D eigenvalue weighted by atomic mass is 79.9. The van der Waals surface area contributed by atoms with Crippen LogP contribution in [0, 0.1) is 0 Å². The fourth-order valence-corrected chi connectivity index (χ4v) is 2.01. The third kappa shape index (κ3) is 3.56. The van der Waals surface area contributed by atoms with Gasteiger partial charge in [-0.15, -0.1) is 11.3 Å². The third-order valence-corrected chi connectivity index (χ3v) is 2.59. The molecule has 0 unspecified atom stereocenters. The number of halogens is 3. The molecule has 0 N–H and O–H groups in total. The van der Waals surface area contributed by atoms with Gasteiger partial charge in [0.25, 0.3) is 6.43 Å². The van der Waals surface area contributed by atoms with Crippen molar-refractivity contribution < 1.29 is 8.78 Å². The second-order valence-corrected chi connectivity index (χ2v) is 4.01. The van der Waals surface area contributed by atoms with Gasteiger partial charge in [0.2, 0.25) is 0 Å². The fraction of sp³-hybridized carbons (Fsp3) is 0.571. The lowest BCUT2D eigenvalue weighted by molar-refractivity contribution is 0.155. The fourth-order valence-electron chi connectivity index (χ4n) is 0.906. The van der Waals surface area contributed by atoms with E-state index in [1.807, 2.05) is 0 Å². The monoisotopic (exact) mass is 270 g/mol. The third-order valence-electron chi connectivity index (χ3n) is 1.40. The predicted octanol–water partition coefficient (Wildman–Crippen LogP) is 2.61. The summed E-state index contributed by atoms with van der Waals surface area (Å²) in [6.07, 6.45) is -0.699. The van der Waals surface area contributed by atoms with Gasteiger partial charge in [-0.2, -0.15) is 0 Å². The minimum Gasteiger partial charge on any atom is -0.342 e. The van der Waals surface area contributed by atoms with Gasteiger partial charge in [-0.3, -0.25) is 0 Å². The van der Waals surface area contributed by atoms with Gasteiger partial charge in [0.15, 0.2) is 5.13 Å². The van der Waals surface area contributed by atoms with Gasteiger partial charge in [0.1, 0.15) is 0 Å². The van der Waals surface area contributed by atoms with Crippen molar-refractivity contribution in [2.24, 2.45) is 0 Å². The summed E-state index contributed by atoms with van der Waals surface area (Å²) in [5.74, 6) is 0. The lowest BCUT2D eigenvalue weighted by atomic mass is 10.5. The molecule has 0 aliphatic rings. The molecule has 1 aromatic rings. The normalized spacial score (nSPS) is 10.8. The zero-order valence-electron chi connectivity index (χ0n) is 6.79. The summed E-state index contributed by atoms with van der Waals surface area (Å²) in [7, 11) is 0. The van der Waals surface area contributed by atoms with Crippen molar-refractivity contribution in [1.82, 2.24) is 4.98 Å². The summed E-state index contributed by atoms with van der Waals surface area (Å²) in [5, 5.41) is 3.10. The van der Waals surface area contributed by atoms with Crippen LogP contribution in [0.4, 0.5) is 13.9 Å². The van der Waals surface area contributed by atoms with E-state index in [0.29, 0.717) is 17.0 Å². The van der Waals surface area contributed by atoms with Gasteiger partial charge in [-0.05, 0) is 0 Å². The summed E-state index contributed by atoms with van der Waals surface area (Å²) < 4.78 is 24.2. The van der Waals surface area contributed by atoms with Crippen LogP contribution >= 0.6 is 27.3 Å². The second-order valence-electron chi connectivity index (χ2n) is 2.34. The van der Waals surface area contributed by atoms with Crippen LogP contribution in [0.2, 0.25) is 0 Å². The molecule has 0 bridgehead atoms. The number of hydrogen-bond donors (Lipinski definition) is 0. The Balaban J connectivity index is 2.57. The Morgan fingerprint density at radius 2 is 2.38 bits per heavy atom. The molecule has 0 fully saturated rings. The van der Waals surface area contributed by atoms with Crippen LogP contribution in [0.3, 0.4) is 0 Å². The van der Waals surface area contributed by atoms with E-state index in [9.17, 15) is 8.78 Å². The van der Waals surface area contributed by atoms with Gasteiger partial charge < -0.3 is 4.90 Å². The molecule has 1 aromatic heterocycles. The van der Waals surface area contributed by atoms with Crippen LogP contribution in [0.1, 0.15) is 0 Å². The molecule has 74 valence electrons. The average molecular weight is 271 g/mol. The van der Waals surface area contributed by atoms with Gasteiger partial charge >= 0.3 is 0 Å². The largest absolute Gasteiger partial charge is 0.342 e. The van der Waals surface area contributed by atoms with Crippen LogP contribution in [0.25, 0.3) is 0 Å². The molecule has 0 atom stereocenters. The highest BCUT2D eigenvalue weighted by Gasteiger charge is 2.13. The van der Waals surface area contributed by atoms with Crippen LogP contribution < -0.4 is 4.90 Å². The Morgan fingerprint density at radius 3 is 2.85 bits per heavy atom. The maximum atomic E-state index is 12.1.